The molecule has 3 rings (SSSR count). The zero-order chi connectivity index (χ0) is 19.6. The number of nitrogens with zero attached hydrogens (tertiary/aromatic N) is 3. The molecule has 2 N–H and O–H groups in total. The van der Waals surface area contributed by atoms with E-state index in [1.54, 1.807) is 6.26 Å². The van der Waals surface area contributed by atoms with Gasteiger partial charge in [-0.1, -0.05) is 18.6 Å². The number of aliphatic imine (C=N–C) groups is 1. The second-order valence-corrected chi connectivity index (χ2v) is 7.02. The van der Waals surface area contributed by atoms with Gasteiger partial charge in [-0.3, -0.25) is 4.90 Å². The molecule has 0 spiro atoms. The molecule has 148 valence electrons. The first-order valence-electron chi connectivity index (χ1n) is 10.1. The summed E-state index contributed by atoms with van der Waals surface area (Å²) in [7, 11) is 0. The maximum atomic E-state index is 9.06. The van der Waals surface area contributed by atoms with E-state index in [9.17, 15) is 0 Å². The van der Waals surface area contributed by atoms with Gasteiger partial charge in [0.15, 0.2) is 5.96 Å². The zero-order valence-electron chi connectivity index (χ0n) is 16.5. The smallest absolute Gasteiger partial charge is 0.191 e. The van der Waals surface area contributed by atoms with Crippen molar-refractivity contribution in [1.82, 2.24) is 15.5 Å². The van der Waals surface area contributed by atoms with Gasteiger partial charge in [-0.05, 0) is 62.7 Å². The number of rotatable bonds is 7. The average molecular weight is 380 g/mol. The van der Waals surface area contributed by atoms with E-state index in [0.717, 1.165) is 43.5 Å². The normalized spacial score (nSPS) is 16.4. The summed E-state index contributed by atoms with van der Waals surface area (Å²) in [5.74, 6) is 1.77. The van der Waals surface area contributed by atoms with Crippen LogP contribution in [0.4, 0.5) is 0 Å². The molecule has 0 radical (unpaired) electrons. The molecule has 0 amide bonds. The minimum atomic E-state index is 0.195. The number of hydrogen-bond acceptors (Lipinski definition) is 4. The molecule has 2 aromatic rings. The summed E-state index contributed by atoms with van der Waals surface area (Å²) in [4.78, 5) is 7.19. The van der Waals surface area contributed by atoms with Crippen molar-refractivity contribution in [3.05, 3.63) is 59.5 Å². The molecule has 1 atom stereocenters. The van der Waals surface area contributed by atoms with E-state index in [1.807, 2.05) is 30.3 Å². The molecular formula is C22H29N5O. The summed E-state index contributed by atoms with van der Waals surface area (Å²) >= 11 is 0. The molecule has 1 aliphatic heterocycles. The van der Waals surface area contributed by atoms with Crippen LogP contribution in [-0.4, -0.2) is 37.0 Å². The van der Waals surface area contributed by atoms with Gasteiger partial charge in [-0.2, -0.15) is 5.26 Å². The highest BCUT2D eigenvalue weighted by Crippen LogP contribution is 2.24. The molecular weight excluding hydrogens is 350 g/mol. The second-order valence-electron chi connectivity index (χ2n) is 7.02. The average Bonchev–Trinajstić information content (AvgIpc) is 3.27. The maximum absolute atomic E-state index is 9.06. The third-order valence-corrected chi connectivity index (χ3v) is 4.99. The van der Waals surface area contributed by atoms with Gasteiger partial charge < -0.3 is 15.1 Å². The van der Waals surface area contributed by atoms with Crippen molar-refractivity contribution in [2.24, 2.45) is 4.99 Å². The number of furan rings is 1. The molecule has 0 saturated carbocycles. The van der Waals surface area contributed by atoms with Gasteiger partial charge in [0.2, 0.25) is 0 Å². The van der Waals surface area contributed by atoms with Crippen LogP contribution in [0.15, 0.2) is 52.1 Å². The molecule has 1 aromatic heterocycles. The quantitative estimate of drug-likeness (QED) is 0.569. The van der Waals surface area contributed by atoms with E-state index >= 15 is 0 Å². The van der Waals surface area contributed by atoms with Gasteiger partial charge in [0.05, 0.1) is 30.5 Å². The van der Waals surface area contributed by atoms with Crippen LogP contribution >= 0.6 is 0 Å². The number of benzene rings is 1. The summed E-state index contributed by atoms with van der Waals surface area (Å²) in [6, 6.07) is 14.0. The molecule has 6 heteroatoms. The Bertz CT molecular complexity index is 788. The topological polar surface area (TPSA) is 76.6 Å². The Morgan fingerprint density at radius 2 is 2.07 bits per heavy atom. The van der Waals surface area contributed by atoms with Crippen LogP contribution in [0.3, 0.4) is 0 Å². The summed E-state index contributed by atoms with van der Waals surface area (Å²) in [5, 5.41) is 15.8. The largest absolute Gasteiger partial charge is 0.468 e. The maximum Gasteiger partial charge on any atom is 0.191 e. The molecule has 1 fully saturated rings. The lowest BCUT2D eigenvalue weighted by Gasteiger charge is -2.33. The van der Waals surface area contributed by atoms with Crippen LogP contribution in [0.1, 0.15) is 49.1 Å². The van der Waals surface area contributed by atoms with Crippen molar-refractivity contribution in [2.45, 2.75) is 38.8 Å². The van der Waals surface area contributed by atoms with Gasteiger partial charge in [-0.15, -0.1) is 0 Å². The predicted molar refractivity (Wildman–Crippen MR) is 111 cm³/mol. The fourth-order valence-corrected chi connectivity index (χ4v) is 3.57. The first-order chi connectivity index (χ1) is 13.8. The molecule has 0 aliphatic carbocycles. The Balaban J connectivity index is 1.66. The Labute approximate surface area is 167 Å². The first-order valence-corrected chi connectivity index (χ1v) is 10.1. The van der Waals surface area contributed by atoms with E-state index in [-0.39, 0.29) is 6.04 Å². The van der Waals surface area contributed by atoms with E-state index < -0.39 is 0 Å². The van der Waals surface area contributed by atoms with Crippen LogP contribution < -0.4 is 10.6 Å². The molecule has 1 saturated heterocycles. The number of guanidine groups is 1. The predicted octanol–water partition coefficient (Wildman–Crippen LogP) is 3.43. The molecule has 1 unspecified atom stereocenters. The van der Waals surface area contributed by atoms with Gasteiger partial charge in [0, 0.05) is 13.1 Å². The Kier molecular flexibility index (Phi) is 7.51. The highest BCUT2D eigenvalue weighted by Gasteiger charge is 2.24. The van der Waals surface area contributed by atoms with Crippen LogP contribution in [-0.2, 0) is 6.54 Å². The van der Waals surface area contributed by atoms with E-state index in [1.165, 1.54) is 19.3 Å². The fourth-order valence-electron chi connectivity index (χ4n) is 3.57. The van der Waals surface area contributed by atoms with Crippen molar-refractivity contribution in [3.8, 4) is 6.07 Å². The molecule has 28 heavy (non-hydrogen) atoms. The number of piperidine rings is 1. The summed E-state index contributed by atoms with van der Waals surface area (Å²) in [6.45, 7) is 6.31. The van der Waals surface area contributed by atoms with Crippen LogP contribution in [0, 0.1) is 11.3 Å². The van der Waals surface area contributed by atoms with Gasteiger partial charge >= 0.3 is 0 Å². The molecule has 6 nitrogen and oxygen atoms in total. The van der Waals surface area contributed by atoms with Crippen molar-refractivity contribution in [3.63, 3.8) is 0 Å². The lowest BCUT2D eigenvalue weighted by Crippen LogP contribution is -2.44. The van der Waals surface area contributed by atoms with E-state index in [2.05, 4.69) is 34.6 Å². The molecule has 1 aromatic carbocycles. The minimum absolute atomic E-state index is 0.195. The van der Waals surface area contributed by atoms with E-state index in [4.69, 9.17) is 14.7 Å². The van der Waals surface area contributed by atoms with Crippen LogP contribution in [0.2, 0.25) is 0 Å². The third-order valence-electron chi connectivity index (χ3n) is 4.99. The summed E-state index contributed by atoms with van der Waals surface area (Å²) in [5.41, 5.74) is 1.68. The van der Waals surface area contributed by atoms with Gasteiger partial charge in [0.25, 0.3) is 0 Å². The van der Waals surface area contributed by atoms with Crippen molar-refractivity contribution >= 4 is 5.96 Å². The van der Waals surface area contributed by atoms with Crippen molar-refractivity contribution < 1.29 is 4.42 Å². The lowest BCUT2D eigenvalue weighted by atomic mass is 10.1. The minimum Gasteiger partial charge on any atom is -0.468 e. The van der Waals surface area contributed by atoms with Gasteiger partial charge in [0.1, 0.15) is 5.76 Å². The van der Waals surface area contributed by atoms with Crippen molar-refractivity contribution in [2.75, 3.05) is 26.2 Å². The molecule has 2 heterocycles. The zero-order valence-corrected chi connectivity index (χ0v) is 16.5. The third kappa shape index (κ3) is 5.61. The Morgan fingerprint density at radius 3 is 2.79 bits per heavy atom. The van der Waals surface area contributed by atoms with Crippen LogP contribution in [0.5, 0.6) is 0 Å². The first kappa shape index (κ1) is 20.0. The SMILES string of the molecule is CCNC(=NCc1cccc(C#N)c1)NCC(c1ccco1)N1CCCCC1. The molecule has 0 bridgehead atoms. The standard InChI is InChI=1S/C22H29N5O/c1-2-24-22(25-16-19-9-6-8-18(14-19)15-23)26-17-20(21-10-7-13-28-21)27-11-4-3-5-12-27/h6-10,13-14,20H,2-5,11-12,16-17H2,1H3,(H2,24,25,26). The number of nitrogens with one attached hydrogen (secondary N) is 2. The summed E-state index contributed by atoms with van der Waals surface area (Å²) in [6.07, 6.45) is 5.52. The Morgan fingerprint density at radius 1 is 1.21 bits per heavy atom. The highest BCUT2D eigenvalue weighted by molar-refractivity contribution is 5.79. The summed E-state index contributed by atoms with van der Waals surface area (Å²) < 4.78 is 5.72. The van der Waals surface area contributed by atoms with Crippen LogP contribution in [0.25, 0.3) is 0 Å². The molecule has 1 aliphatic rings. The highest BCUT2D eigenvalue weighted by atomic mass is 16.3. The number of hydrogen-bond donors (Lipinski definition) is 2. The monoisotopic (exact) mass is 379 g/mol. The lowest BCUT2D eigenvalue weighted by molar-refractivity contribution is 0.146. The van der Waals surface area contributed by atoms with Gasteiger partial charge in [-0.25, -0.2) is 4.99 Å². The number of nitriles is 1. The second kappa shape index (κ2) is 10.5. The van der Waals surface area contributed by atoms with E-state index in [0.29, 0.717) is 12.1 Å². The Hall–Kier alpha value is -2.78. The fraction of sp³-hybridized carbons (Fsp3) is 0.455. The number of likely N-dealkylation sites (tertiary alicyclic amines) is 1. The van der Waals surface area contributed by atoms with Crippen molar-refractivity contribution in [1.29, 1.82) is 5.26 Å².